The van der Waals surface area contributed by atoms with E-state index in [0.717, 1.165) is 19.0 Å². The van der Waals surface area contributed by atoms with Crippen LogP contribution in [0.2, 0.25) is 0 Å². The maximum Gasteiger partial charge on any atom is 0.269 e. The first-order chi connectivity index (χ1) is 11.6. The summed E-state index contributed by atoms with van der Waals surface area (Å²) in [5, 5.41) is 13.4. The van der Waals surface area contributed by atoms with Crippen LogP contribution in [0.1, 0.15) is 44.9 Å². The van der Waals surface area contributed by atoms with Crippen molar-refractivity contribution in [1.29, 1.82) is 0 Å². The van der Waals surface area contributed by atoms with Crippen molar-refractivity contribution in [2.75, 3.05) is 18.4 Å². The van der Waals surface area contributed by atoms with E-state index in [0.29, 0.717) is 18.2 Å². The second kappa shape index (κ2) is 7.75. The minimum atomic E-state index is -0.444. The van der Waals surface area contributed by atoms with Crippen LogP contribution in [0.4, 0.5) is 11.4 Å². The molecule has 0 unspecified atom stereocenters. The van der Waals surface area contributed by atoms with E-state index in [2.05, 4.69) is 10.2 Å². The zero-order valence-corrected chi connectivity index (χ0v) is 13.9. The topological polar surface area (TPSA) is 75.5 Å². The largest absolute Gasteiger partial charge is 0.326 e. The molecule has 0 bridgehead atoms. The molecule has 6 nitrogen and oxygen atoms in total. The number of hydrogen-bond acceptors (Lipinski definition) is 4. The van der Waals surface area contributed by atoms with Gasteiger partial charge in [0.25, 0.3) is 5.69 Å². The lowest BCUT2D eigenvalue weighted by Crippen LogP contribution is -2.56. The highest BCUT2D eigenvalue weighted by Crippen LogP contribution is 2.35. The van der Waals surface area contributed by atoms with Gasteiger partial charge in [0.15, 0.2) is 0 Å². The lowest BCUT2D eigenvalue weighted by molar-refractivity contribution is -0.384. The quantitative estimate of drug-likeness (QED) is 0.661. The third-order valence-corrected chi connectivity index (χ3v) is 5.29. The number of nitro benzene ring substituents is 1. The second-order valence-corrected chi connectivity index (χ2v) is 6.92. The van der Waals surface area contributed by atoms with Crippen molar-refractivity contribution in [1.82, 2.24) is 4.90 Å². The summed E-state index contributed by atoms with van der Waals surface area (Å²) in [5.41, 5.74) is 0.641. The number of anilines is 1. The number of nitrogens with one attached hydrogen (secondary N) is 1. The van der Waals surface area contributed by atoms with E-state index in [4.69, 9.17) is 0 Å². The standard InChI is InChI=1S/C18H25N3O3/c22-18(19-15-7-9-16(10-8-15)21(23)24)11-12-20-13-14-5-3-1-2-4-6-17(14)20/h7-10,14,17H,1-6,11-13H2,(H,19,22)/t14-,17+/m1/s1. The molecule has 0 aromatic heterocycles. The van der Waals surface area contributed by atoms with Gasteiger partial charge in [0.2, 0.25) is 5.91 Å². The summed E-state index contributed by atoms with van der Waals surface area (Å²) >= 11 is 0. The van der Waals surface area contributed by atoms with Crippen LogP contribution < -0.4 is 5.32 Å². The van der Waals surface area contributed by atoms with Crippen LogP contribution in [0.5, 0.6) is 0 Å². The van der Waals surface area contributed by atoms with E-state index in [-0.39, 0.29) is 11.6 Å². The summed E-state index contributed by atoms with van der Waals surface area (Å²) in [5.74, 6) is 0.807. The monoisotopic (exact) mass is 331 g/mol. The van der Waals surface area contributed by atoms with Gasteiger partial charge < -0.3 is 5.32 Å². The number of rotatable bonds is 5. The average Bonchev–Trinajstić information content (AvgIpc) is 2.53. The van der Waals surface area contributed by atoms with Gasteiger partial charge in [-0.15, -0.1) is 0 Å². The second-order valence-electron chi connectivity index (χ2n) is 6.92. The van der Waals surface area contributed by atoms with Crippen LogP contribution in [0.15, 0.2) is 24.3 Å². The molecule has 1 saturated carbocycles. The van der Waals surface area contributed by atoms with E-state index in [1.807, 2.05) is 0 Å². The Bertz CT molecular complexity index is 588. The molecule has 0 spiro atoms. The van der Waals surface area contributed by atoms with Crippen LogP contribution >= 0.6 is 0 Å². The predicted molar refractivity (Wildman–Crippen MR) is 92.9 cm³/mol. The van der Waals surface area contributed by atoms with Gasteiger partial charge in [-0.3, -0.25) is 19.8 Å². The van der Waals surface area contributed by atoms with E-state index in [9.17, 15) is 14.9 Å². The summed E-state index contributed by atoms with van der Waals surface area (Å²) in [4.78, 5) is 24.7. The van der Waals surface area contributed by atoms with Gasteiger partial charge >= 0.3 is 0 Å². The van der Waals surface area contributed by atoms with Gasteiger partial charge in [-0.1, -0.05) is 25.7 Å². The molecule has 1 N–H and O–H groups in total. The molecule has 1 aliphatic carbocycles. The predicted octanol–water partition coefficient (Wildman–Crippen LogP) is 3.58. The molecule has 24 heavy (non-hydrogen) atoms. The van der Waals surface area contributed by atoms with Crippen LogP contribution in [0.3, 0.4) is 0 Å². The summed E-state index contributed by atoms with van der Waals surface area (Å²) in [6.45, 7) is 1.94. The van der Waals surface area contributed by atoms with E-state index < -0.39 is 4.92 Å². The number of hydrogen-bond donors (Lipinski definition) is 1. The molecule has 3 rings (SSSR count). The van der Waals surface area contributed by atoms with Gasteiger partial charge in [0, 0.05) is 43.4 Å². The minimum absolute atomic E-state index is 0.0295. The number of carbonyl (C=O) groups excluding carboxylic acids is 1. The lowest BCUT2D eigenvalue weighted by atomic mass is 9.79. The molecule has 1 aliphatic heterocycles. The molecule has 1 aromatic rings. The van der Waals surface area contributed by atoms with Gasteiger partial charge in [-0.25, -0.2) is 0 Å². The summed E-state index contributed by atoms with van der Waals surface area (Å²) < 4.78 is 0. The van der Waals surface area contributed by atoms with Gasteiger partial charge in [0.1, 0.15) is 0 Å². The molecule has 2 aliphatic rings. The van der Waals surface area contributed by atoms with E-state index in [1.165, 1.54) is 50.7 Å². The minimum Gasteiger partial charge on any atom is -0.326 e. The Kier molecular flexibility index (Phi) is 5.45. The Labute approximate surface area is 142 Å². The smallest absolute Gasteiger partial charge is 0.269 e. The van der Waals surface area contributed by atoms with Crippen molar-refractivity contribution in [3.63, 3.8) is 0 Å². The number of nitro groups is 1. The highest BCUT2D eigenvalue weighted by atomic mass is 16.6. The Balaban J connectivity index is 1.43. The Morgan fingerprint density at radius 2 is 1.88 bits per heavy atom. The normalized spacial score (nSPS) is 24.2. The molecule has 2 fully saturated rings. The third kappa shape index (κ3) is 4.12. The van der Waals surface area contributed by atoms with Crippen molar-refractivity contribution in [2.24, 2.45) is 5.92 Å². The molecule has 6 heteroatoms. The SMILES string of the molecule is O=C(CCN1C[C@H]2CCCCCC[C@@H]21)Nc1ccc([N+](=O)[O-])cc1. The fourth-order valence-electron chi connectivity index (χ4n) is 3.93. The van der Waals surface area contributed by atoms with Gasteiger partial charge in [0.05, 0.1) is 4.92 Å². The molecule has 2 atom stereocenters. The molecule has 1 saturated heterocycles. The third-order valence-electron chi connectivity index (χ3n) is 5.29. The number of non-ortho nitro benzene ring substituents is 1. The number of carbonyl (C=O) groups is 1. The average molecular weight is 331 g/mol. The lowest BCUT2D eigenvalue weighted by Gasteiger charge is -2.49. The highest BCUT2D eigenvalue weighted by Gasteiger charge is 2.37. The molecular weight excluding hydrogens is 306 g/mol. The van der Waals surface area contributed by atoms with Crippen molar-refractivity contribution < 1.29 is 9.72 Å². The highest BCUT2D eigenvalue weighted by molar-refractivity contribution is 5.90. The van der Waals surface area contributed by atoms with Crippen molar-refractivity contribution >= 4 is 17.3 Å². The number of likely N-dealkylation sites (tertiary alicyclic amines) is 1. The maximum absolute atomic E-state index is 12.1. The zero-order chi connectivity index (χ0) is 16.9. The zero-order valence-electron chi connectivity index (χ0n) is 13.9. The molecule has 130 valence electrons. The molecule has 1 amide bonds. The van der Waals surface area contributed by atoms with E-state index >= 15 is 0 Å². The first-order valence-corrected chi connectivity index (χ1v) is 8.92. The Morgan fingerprint density at radius 1 is 1.17 bits per heavy atom. The fourth-order valence-corrected chi connectivity index (χ4v) is 3.93. The van der Waals surface area contributed by atoms with Gasteiger partial charge in [-0.05, 0) is 30.9 Å². The van der Waals surface area contributed by atoms with Crippen molar-refractivity contribution in [2.45, 2.75) is 51.0 Å². The number of amides is 1. The van der Waals surface area contributed by atoms with Crippen LogP contribution in [-0.4, -0.2) is 34.9 Å². The Hall–Kier alpha value is -1.95. The first-order valence-electron chi connectivity index (χ1n) is 8.92. The maximum atomic E-state index is 12.1. The number of benzene rings is 1. The summed E-state index contributed by atoms with van der Waals surface area (Å²) in [6, 6.07) is 6.64. The van der Waals surface area contributed by atoms with Crippen molar-refractivity contribution in [3.05, 3.63) is 34.4 Å². The molecule has 1 aromatic carbocycles. The Morgan fingerprint density at radius 3 is 2.58 bits per heavy atom. The van der Waals surface area contributed by atoms with Crippen LogP contribution in [0.25, 0.3) is 0 Å². The van der Waals surface area contributed by atoms with E-state index in [1.54, 1.807) is 12.1 Å². The summed E-state index contributed by atoms with van der Waals surface area (Å²) in [6.07, 6.45) is 8.48. The summed E-state index contributed by atoms with van der Waals surface area (Å²) in [7, 11) is 0. The number of fused-ring (bicyclic) bond motifs is 1. The molecule has 1 heterocycles. The van der Waals surface area contributed by atoms with Crippen molar-refractivity contribution in [3.8, 4) is 0 Å². The first kappa shape index (κ1) is 16.9. The van der Waals surface area contributed by atoms with Crippen LogP contribution in [-0.2, 0) is 4.79 Å². The van der Waals surface area contributed by atoms with Gasteiger partial charge in [-0.2, -0.15) is 0 Å². The fraction of sp³-hybridized carbons (Fsp3) is 0.611. The number of nitrogens with zero attached hydrogens (tertiary/aromatic N) is 2. The van der Waals surface area contributed by atoms with Crippen LogP contribution in [0, 0.1) is 16.0 Å². The molecule has 0 radical (unpaired) electrons. The molecular formula is C18H25N3O3.